The molecule has 0 amide bonds. The van der Waals surface area contributed by atoms with Crippen molar-refractivity contribution in [2.75, 3.05) is 13.7 Å². The van der Waals surface area contributed by atoms with Gasteiger partial charge in [-0.15, -0.1) is 0 Å². The minimum atomic E-state index is -0.566. The number of hydrogen-bond acceptors (Lipinski definition) is 5. The summed E-state index contributed by atoms with van der Waals surface area (Å²) in [5.74, 6) is 1.09. The molecule has 2 rings (SSSR count). The lowest BCUT2D eigenvalue weighted by Crippen LogP contribution is -2.13. The second kappa shape index (κ2) is 6.93. The second-order valence-electron chi connectivity index (χ2n) is 4.97. The van der Waals surface area contributed by atoms with E-state index in [1.807, 2.05) is 24.3 Å². The highest BCUT2D eigenvalue weighted by atomic mass is 16.5. The maximum atomic E-state index is 11.8. The van der Waals surface area contributed by atoms with E-state index in [0.717, 1.165) is 17.7 Å². The topological polar surface area (TPSA) is 72.0 Å². The van der Waals surface area contributed by atoms with E-state index in [4.69, 9.17) is 9.15 Å². The van der Waals surface area contributed by atoms with E-state index in [-0.39, 0.29) is 11.3 Å². The molecule has 1 aromatic heterocycles. The Morgan fingerprint density at radius 3 is 2.59 bits per heavy atom. The molecule has 22 heavy (non-hydrogen) atoms. The van der Waals surface area contributed by atoms with Gasteiger partial charge in [0.15, 0.2) is 0 Å². The Bertz CT molecular complexity index is 729. The highest BCUT2D eigenvalue weighted by molar-refractivity contribution is 6.00. The van der Waals surface area contributed by atoms with Gasteiger partial charge in [-0.3, -0.25) is 4.99 Å². The summed E-state index contributed by atoms with van der Waals surface area (Å²) in [6.07, 6.45) is 0.735. The van der Waals surface area contributed by atoms with Crippen LogP contribution >= 0.6 is 0 Å². The summed E-state index contributed by atoms with van der Waals surface area (Å²) in [7, 11) is 1.63. The largest absolute Gasteiger partial charge is 0.507 e. The molecule has 0 radical (unpaired) electrons. The van der Waals surface area contributed by atoms with Gasteiger partial charge < -0.3 is 14.3 Å². The van der Waals surface area contributed by atoms with Crippen molar-refractivity contribution in [1.82, 2.24) is 0 Å². The van der Waals surface area contributed by atoms with Crippen molar-refractivity contribution < 1.29 is 14.3 Å². The fraction of sp³-hybridized carbons (Fsp3) is 0.294. The van der Waals surface area contributed by atoms with Crippen LogP contribution in [-0.4, -0.2) is 24.5 Å². The molecule has 0 saturated carbocycles. The molecule has 0 aliphatic carbocycles. The van der Waals surface area contributed by atoms with Crippen LogP contribution < -0.4 is 10.4 Å². The number of nitrogens with zero attached hydrogens (tertiary/aromatic N) is 1. The van der Waals surface area contributed by atoms with Gasteiger partial charge in [0.1, 0.15) is 22.8 Å². The first-order valence-corrected chi connectivity index (χ1v) is 6.99. The normalized spacial score (nSPS) is 11.5. The van der Waals surface area contributed by atoms with Gasteiger partial charge in [-0.05, 0) is 38.0 Å². The average molecular weight is 301 g/mol. The van der Waals surface area contributed by atoms with E-state index in [0.29, 0.717) is 18.0 Å². The van der Waals surface area contributed by atoms with Crippen LogP contribution in [0.1, 0.15) is 23.8 Å². The summed E-state index contributed by atoms with van der Waals surface area (Å²) < 4.78 is 10.1. The monoisotopic (exact) mass is 301 g/mol. The molecule has 2 aromatic rings. The summed E-state index contributed by atoms with van der Waals surface area (Å²) >= 11 is 0. The van der Waals surface area contributed by atoms with Gasteiger partial charge in [0.05, 0.1) is 12.8 Å². The number of methoxy groups -OCH3 is 1. The Labute approximate surface area is 128 Å². The lowest BCUT2D eigenvalue weighted by molar-refractivity contribution is 0.414. The molecule has 1 N–H and O–H groups in total. The Morgan fingerprint density at radius 1 is 1.32 bits per heavy atom. The van der Waals surface area contributed by atoms with E-state index in [9.17, 15) is 9.90 Å². The number of aromatic hydroxyl groups is 1. The lowest BCUT2D eigenvalue weighted by atomic mass is 10.1. The minimum Gasteiger partial charge on any atom is -0.507 e. The van der Waals surface area contributed by atoms with Crippen molar-refractivity contribution in [3.8, 4) is 11.5 Å². The van der Waals surface area contributed by atoms with Crippen LogP contribution in [0.4, 0.5) is 0 Å². The molecule has 0 unspecified atom stereocenters. The van der Waals surface area contributed by atoms with Crippen molar-refractivity contribution in [2.24, 2.45) is 4.99 Å². The minimum absolute atomic E-state index is 0.0977. The van der Waals surface area contributed by atoms with Gasteiger partial charge in [0, 0.05) is 12.6 Å². The van der Waals surface area contributed by atoms with Gasteiger partial charge in [0.2, 0.25) is 0 Å². The quantitative estimate of drug-likeness (QED) is 0.862. The number of aryl methyl sites for hydroxylation is 1. The number of benzene rings is 1. The molecule has 0 aliphatic heterocycles. The number of aliphatic imine (C=N–C) groups is 1. The van der Waals surface area contributed by atoms with Crippen LogP contribution in [0.2, 0.25) is 0 Å². The van der Waals surface area contributed by atoms with Crippen LogP contribution in [0.5, 0.6) is 11.5 Å². The van der Waals surface area contributed by atoms with Gasteiger partial charge in [-0.2, -0.15) is 0 Å². The summed E-state index contributed by atoms with van der Waals surface area (Å²) in [6.45, 7) is 3.82. The molecule has 5 nitrogen and oxygen atoms in total. The molecule has 0 saturated heterocycles. The van der Waals surface area contributed by atoms with Crippen molar-refractivity contribution >= 4 is 5.71 Å². The predicted molar refractivity (Wildman–Crippen MR) is 85.2 cm³/mol. The zero-order valence-electron chi connectivity index (χ0n) is 12.9. The smallest absolute Gasteiger partial charge is 0.348 e. The first kappa shape index (κ1) is 15.8. The zero-order valence-corrected chi connectivity index (χ0v) is 12.9. The van der Waals surface area contributed by atoms with Gasteiger partial charge >= 0.3 is 5.63 Å². The zero-order chi connectivity index (χ0) is 16.1. The first-order valence-electron chi connectivity index (χ1n) is 6.99. The van der Waals surface area contributed by atoms with Crippen molar-refractivity contribution in [1.29, 1.82) is 0 Å². The summed E-state index contributed by atoms with van der Waals surface area (Å²) in [6, 6.07) is 9.15. The van der Waals surface area contributed by atoms with E-state index in [2.05, 4.69) is 4.99 Å². The van der Waals surface area contributed by atoms with E-state index >= 15 is 0 Å². The van der Waals surface area contributed by atoms with E-state index in [1.165, 1.54) is 6.07 Å². The summed E-state index contributed by atoms with van der Waals surface area (Å²) in [5, 5.41) is 9.86. The molecule has 5 heteroatoms. The third-order valence-electron chi connectivity index (χ3n) is 3.32. The molecule has 0 aliphatic rings. The molecule has 0 fully saturated rings. The molecule has 0 atom stereocenters. The Kier molecular flexibility index (Phi) is 4.99. The maximum Gasteiger partial charge on any atom is 0.348 e. The molecule has 1 heterocycles. The SMILES string of the molecule is COc1ccc(CCN=C(C)c2c(O)cc(C)oc2=O)cc1. The average Bonchev–Trinajstić information content (AvgIpc) is 2.47. The highest BCUT2D eigenvalue weighted by Crippen LogP contribution is 2.16. The number of ether oxygens (including phenoxy) is 1. The second-order valence-corrected chi connectivity index (χ2v) is 4.97. The van der Waals surface area contributed by atoms with E-state index in [1.54, 1.807) is 21.0 Å². The third-order valence-corrected chi connectivity index (χ3v) is 3.32. The molecule has 0 spiro atoms. The van der Waals surface area contributed by atoms with Crippen molar-refractivity contribution in [2.45, 2.75) is 20.3 Å². The van der Waals surface area contributed by atoms with Crippen LogP contribution in [0.3, 0.4) is 0 Å². The van der Waals surface area contributed by atoms with Gasteiger partial charge in [-0.25, -0.2) is 4.79 Å². The van der Waals surface area contributed by atoms with Crippen LogP contribution in [0.15, 0.2) is 44.5 Å². The van der Waals surface area contributed by atoms with Crippen molar-refractivity contribution in [3.63, 3.8) is 0 Å². The van der Waals surface area contributed by atoms with Crippen LogP contribution in [-0.2, 0) is 6.42 Å². The molecular weight excluding hydrogens is 282 g/mol. The van der Waals surface area contributed by atoms with Crippen molar-refractivity contribution in [3.05, 3.63) is 57.6 Å². The fourth-order valence-corrected chi connectivity index (χ4v) is 2.15. The van der Waals surface area contributed by atoms with Crippen LogP contribution in [0.25, 0.3) is 0 Å². The van der Waals surface area contributed by atoms with E-state index < -0.39 is 5.63 Å². The standard InChI is InChI=1S/C17H19NO4/c1-11-10-15(19)16(17(20)22-11)12(2)18-9-8-13-4-6-14(21-3)7-5-13/h4-7,10,19H,8-9H2,1-3H3. The summed E-state index contributed by atoms with van der Waals surface area (Å²) in [5.41, 5.74) is 1.15. The first-order chi connectivity index (χ1) is 10.5. The lowest BCUT2D eigenvalue weighted by Gasteiger charge is -2.04. The molecule has 116 valence electrons. The maximum absolute atomic E-state index is 11.8. The van der Waals surface area contributed by atoms with Crippen LogP contribution in [0, 0.1) is 6.92 Å². The fourth-order valence-electron chi connectivity index (χ4n) is 2.15. The molecule has 1 aromatic carbocycles. The Hall–Kier alpha value is -2.56. The third kappa shape index (κ3) is 3.75. The number of hydrogen-bond donors (Lipinski definition) is 1. The number of rotatable bonds is 5. The molecule has 0 bridgehead atoms. The summed E-state index contributed by atoms with van der Waals surface area (Å²) in [4.78, 5) is 16.1. The Morgan fingerprint density at radius 2 is 2.00 bits per heavy atom. The van der Waals surface area contributed by atoms with Gasteiger partial charge in [0.25, 0.3) is 0 Å². The Balaban J connectivity index is 2.08. The molecular formula is C17H19NO4. The highest BCUT2D eigenvalue weighted by Gasteiger charge is 2.12. The van der Waals surface area contributed by atoms with Gasteiger partial charge in [-0.1, -0.05) is 12.1 Å². The predicted octanol–water partition coefficient (Wildman–Crippen LogP) is 2.71.